The molecule has 0 N–H and O–H groups in total. The van der Waals surface area contributed by atoms with Gasteiger partial charge in [-0.05, 0) is 115 Å². The molecule has 0 heterocycles. The number of nitrogens with zero attached hydrogens (tertiary/aromatic N) is 2. The van der Waals surface area contributed by atoms with E-state index in [1.54, 1.807) is 0 Å². The summed E-state index contributed by atoms with van der Waals surface area (Å²) in [5.74, 6) is 0. The van der Waals surface area contributed by atoms with Crippen LogP contribution in [0.1, 0.15) is 0 Å². The highest BCUT2D eigenvalue weighted by Crippen LogP contribution is 2.49. The number of anilines is 6. The maximum absolute atomic E-state index is 2.46. The van der Waals surface area contributed by atoms with Gasteiger partial charge in [0.1, 0.15) is 0 Å². The molecular weight excluding hydrogens is 829 g/mol. The van der Waals surface area contributed by atoms with E-state index in [1.807, 2.05) is 0 Å². The van der Waals surface area contributed by atoms with Gasteiger partial charge in [-0.2, -0.15) is 0 Å². The molecule has 0 aliphatic heterocycles. The Bertz CT molecular complexity index is 3240. The lowest BCUT2D eigenvalue weighted by Gasteiger charge is -2.30. The van der Waals surface area contributed by atoms with E-state index in [9.17, 15) is 0 Å². The van der Waals surface area contributed by atoms with Crippen LogP contribution < -0.4 is 20.2 Å². The fourth-order valence-electron chi connectivity index (χ4n) is 10.0. The minimum Gasteiger partial charge on any atom is -0.310 e. The van der Waals surface area contributed by atoms with Crippen LogP contribution in [0.25, 0.3) is 65.3 Å². The van der Waals surface area contributed by atoms with Crippen LogP contribution >= 0.6 is 0 Å². The summed E-state index contributed by atoms with van der Waals surface area (Å²) in [6.07, 6.45) is 0. The summed E-state index contributed by atoms with van der Waals surface area (Å²) < 4.78 is 0. The summed E-state index contributed by atoms with van der Waals surface area (Å²) in [5.41, 5.74) is 11.8. The zero-order chi connectivity index (χ0) is 45.2. The molecule has 0 saturated carbocycles. The second-order valence-electron chi connectivity index (χ2n) is 19.8. The quantitative estimate of drug-likeness (QED) is 0.0767. The van der Waals surface area contributed by atoms with Gasteiger partial charge < -0.3 is 9.80 Å². The van der Waals surface area contributed by atoms with Crippen LogP contribution in [-0.4, -0.2) is 16.1 Å². The molecular formula is C62H54N2Si2. The third-order valence-electron chi connectivity index (χ3n) is 13.5. The van der Waals surface area contributed by atoms with Crippen LogP contribution in [0.4, 0.5) is 34.1 Å². The molecule has 0 unspecified atom stereocenters. The van der Waals surface area contributed by atoms with E-state index in [0.29, 0.717) is 0 Å². The molecule has 0 aliphatic carbocycles. The molecule has 2 nitrogen and oxygen atoms in total. The van der Waals surface area contributed by atoms with Crippen molar-refractivity contribution < 1.29 is 0 Å². The van der Waals surface area contributed by atoms with Crippen molar-refractivity contribution in [3.05, 3.63) is 218 Å². The van der Waals surface area contributed by atoms with Crippen LogP contribution in [0.2, 0.25) is 39.3 Å². The normalized spacial score (nSPS) is 12.1. The topological polar surface area (TPSA) is 6.48 Å². The first kappa shape index (κ1) is 41.5. The third-order valence-corrected chi connectivity index (χ3v) is 17.7. The van der Waals surface area contributed by atoms with Gasteiger partial charge in [-0.1, -0.05) is 207 Å². The van der Waals surface area contributed by atoms with Crippen molar-refractivity contribution in [2.24, 2.45) is 0 Å². The summed E-state index contributed by atoms with van der Waals surface area (Å²) in [5, 5.41) is 13.1. The zero-order valence-corrected chi connectivity index (χ0v) is 40.7. The standard InChI is InChI=1S/C62H54N2Si2/c1-65(2,3)51-35-31-49(32-36-51)63(47-27-23-45(24-28-47)43-15-9-7-10-16-43)59-41-39-55-54-20-14-22-58-60(42-40-56(62(54)58)53-19-13-21-57(59)61(53)55)64(50-33-37-52(38-34-50)66(4,5)6)48-29-25-46(26-30-48)44-17-11-8-12-18-44/h7-42H,1-6H3. The Balaban J connectivity index is 1.10. The minimum atomic E-state index is -1.50. The van der Waals surface area contributed by atoms with Gasteiger partial charge in [-0.3, -0.25) is 0 Å². The van der Waals surface area contributed by atoms with Gasteiger partial charge in [-0.25, -0.2) is 0 Å². The van der Waals surface area contributed by atoms with E-state index in [1.165, 1.54) is 87.1 Å². The second kappa shape index (κ2) is 16.3. The Kier molecular flexibility index (Phi) is 10.3. The lowest BCUT2D eigenvalue weighted by Crippen LogP contribution is -2.37. The highest BCUT2D eigenvalue weighted by atomic mass is 28.3. The van der Waals surface area contributed by atoms with Crippen molar-refractivity contribution in [2.75, 3.05) is 9.80 Å². The molecule has 0 aromatic heterocycles. The molecule has 0 saturated heterocycles. The van der Waals surface area contributed by atoms with E-state index in [4.69, 9.17) is 0 Å². The van der Waals surface area contributed by atoms with Gasteiger partial charge in [0.05, 0.1) is 27.5 Å². The van der Waals surface area contributed by atoms with Gasteiger partial charge in [0, 0.05) is 33.5 Å². The van der Waals surface area contributed by atoms with Gasteiger partial charge >= 0.3 is 0 Å². The van der Waals surface area contributed by atoms with Crippen molar-refractivity contribution in [3.8, 4) is 22.3 Å². The molecule has 0 amide bonds. The molecule has 11 aromatic carbocycles. The molecule has 0 atom stereocenters. The smallest absolute Gasteiger partial charge is 0.0775 e. The fourth-order valence-corrected chi connectivity index (χ4v) is 12.3. The second-order valence-corrected chi connectivity index (χ2v) is 30.0. The van der Waals surface area contributed by atoms with Crippen LogP contribution in [-0.2, 0) is 0 Å². The monoisotopic (exact) mass is 882 g/mol. The lowest BCUT2D eigenvalue weighted by atomic mass is 9.88. The van der Waals surface area contributed by atoms with E-state index < -0.39 is 16.1 Å². The highest BCUT2D eigenvalue weighted by Gasteiger charge is 2.24. The largest absolute Gasteiger partial charge is 0.310 e. The first-order valence-corrected chi connectivity index (χ1v) is 30.3. The molecule has 0 bridgehead atoms. The molecule has 0 aliphatic rings. The summed E-state index contributed by atoms with van der Waals surface area (Å²) in [6, 6.07) is 81.5. The van der Waals surface area contributed by atoms with Gasteiger partial charge in [0.15, 0.2) is 0 Å². The Labute approximate surface area is 391 Å². The number of benzene rings is 11. The maximum atomic E-state index is 2.46. The van der Waals surface area contributed by atoms with Crippen molar-refractivity contribution in [2.45, 2.75) is 39.3 Å². The molecule has 0 fully saturated rings. The predicted octanol–water partition coefficient (Wildman–Crippen LogP) is 17.1. The fraction of sp³-hybridized carbons (Fsp3) is 0.0968. The molecule has 66 heavy (non-hydrogen) atoms. The Morgan fingerprint density at radius 1 is 0.242 bits per heavy atom. The molecule has 320 valence electrons. The summed E-state index contributed by atoms with van der Waals surface area (Å²) in [6.45, 7) is 14.5. The van der Waals surface area contributed by atoms with Crippen molar-refractivity contribution in [3.63, 3.8) is 0 Å². The SMILES string of the molecule is C[Si](C)(C)c1ccc(N(c2ccc(-c3ccccc3)cc2)c2ccc3c4cccc5c(N(c6ccc(-c7ccccc7)cc6)c6ccc([Si](C)(C)C)cc6)ccc(c6cccc2c63)c54)cc1. The highest BCUT2D eigenvalue weighted by molar-refractivity contribution is 6.89. The molecule has 11 rings (SSSR count). The van der Waals surface area contributed by atoms with E-state index >= 15 is 0 Å². The van der Waals surface area contributed by atoms with E-state index in [2.05, 4.69) is 267 Å². The number of rotatable bonds is 10. The first-order valence-electron chi connectivity index (χ1n) is 23.3. The Hall–Kier alpha value is -7.25. The average molecular weight is 883 g/mol. The Morgan fingerprint density at radius 2 is 0.530 bits per heavy atom. The zero-order valence-electron chi connectivity index (χ0n) is 38.7. The molecule has 0 radical (unpaired) electrons. The number of hydrogen-bond donors (Lipinski definition) is 0. The van der Waals surface area contributed by atoms with Crippen molar-refractivity contribution >= 4 is 104 Å². The van der Waals surface area contributed by atoms with Gasteiger partial charge in [0.25, 0.3) is 0 Å². The van der Waals surface area contributed by atoms with Crippen molar-refractivity contribution in [1.82, 2.24) is 0 Å². The van der Waals surface area contributed by atoms with Crippen LogP contribution in [0, 0.1) is 0 Å². The van der Waals surface area contributed by atoms with Crippen LogP contribution in [0.5, 0.6) is 0 Å². The van der Waals surface area contributed by atoms with E-state index in [0.717, 1.165) is 22.7 Å². The first-order chi connectivity index (χ1) is 32.0. The third kappa shape index (κ3) is 7.37. The van der Waals surface area contributed by atoms with Gasteiger partial charge in [-0.15, -0.1) is 0 Å². The lowest BCUT2D eigenvalue weighted by molar-refractivity contribution is 1.30. The Morgan fingerprint density at radius 3 is 0.864 bits per heavy atom. The average Bonchev–Trinajstić information content (AvgIpc) is 3.34. The van der Waals surface area contributed by atoms with Crippen LogP contribution in [0.3, 0.4) is 0 Å². The molecule has 11 aromatic rings. The summed E-state index contributed by atoms with van der Waals surface area (Å²) in [7, 11) is -3.00. The van der Waals surface area contributed by atoms with Crippen LogP contribution in [0.15, 0.2) is 218 Å². The number of fused-ring (bicyclic) bond motifs is 2. The minimum absolute atomic E-state index is 1.13. The van der Waals surface area contributed by atoms with Gasteiger partial charge in [0.2, 0.25) is 0 Å². The van der Waals surface area contributed by atoms with E-state index in [-0.39, 0.29) is 0 Å². The summed E-state index contributed by atoms with van der Waals surface area (Å²) >= 11 is 0. The number of hydrogen-bond acceptors (Lipinski definition) is 2. The predicted molar refractivity (Wildman–Crippen MR) is 294 cm³/mol. The summed E-state index contributed by atoms with van der Waals surface area (Å²) in [4.78, 5) is 4.92. The van der Waals surface area contributed by atoms with Crippen molar-refractivity contribution in [1.29, 1.82) is 0 Å². The molecule has 4 heteroatoms. The maximum Gasteiger partial charge on any atom is 0.0775 e. The molecule has 0 spiro atoms.